The Kier molecular flexibility index (Phi) is 4.78. The van der Waals surface area contributed by atoms with Gasteiger partial charge in [-0.1, -0.05) is 34.1 Å². The van der Waals surface area contributed by atoms with Gasteiger partial charge in [0.05, 0.1) is 12.2 Å². The van der Waals surface area contributed by atoms with Gasteiger partial charge in [0.25, 0.3) is 0 Å². The Morgan fingerprint density at radius 1 is 1.38 bits per heavy atom. The molecule has 1 fully saturated rings. The standard InChI is InChI=1S/C13H26N2O/c1-6-10(4)8-15-12(7-9(2)3)14-11(5)13(15)16/h9-12,14H,6-8H2,1-5H3. The zero-order valence-corrected chi connectivity index (χ0v) is 11.3. The average molecular weight is 226 g/mol. The smallest absolute Gasteiger partial charge is 0.240 e. The molecule has 1 saturated heterocycles. The number of hydrogen-bond donors (Lipinski definition) is 1. The highest BCUT2D eigenvalue weighted by atomic mass is 16.2. The van der Waals surface area contributed by atoms with Gasteiger partial charge < -0.3 is 4.90 Å². The van der Waals surface area contributed by atoms with Crippen molar-refractivity contribution in [3.8, 4) is 0 Å². The van der Waals surface area contributed by atoms with Crippen LogP contribution >= 0.6 is 0 Å². The molecular formula is C13H26N2O. The van der Waals surface area contributed by atoms with Crippen molar-refractivity contribution < 1.29 is 4.79 Å². The van der Waals surface area contributed by atoms with E-state index in [1.165, 1.54) is 0 Å². The largest absolute Gasteiger partial charge is 0.326 e. The second-order valence-electron chi connectivity index (χ2n) is 5.54. The van der Waals surface area contributed by atoms with E-state index in [0.29, 0.717) is 11.8 Å². The molecule has 1 aliphatic heterocycles. The van der Waals surface area contributed by atoms with E-state index in [9.17, 15) is 4.79 Å². The number of carbonyl (C=O) groups excluding carboxylic acids is 1. The van der Waals surface area contributed by atoms with Crippen LogP contribution in [-0.4, -0.2) is 29.6 Å². The highest BCUT2D eigenvalue weighted by molar-refractivity contribution is 5.83. The molecule has 1 N–H and O–H groups in total. The molecule has 1 aliphatic rings. The third-order valence-electron chi connectivity index (χ3n) is 3.37. The molecule has 0 aromatic heterocycles. The summed E-state index contributed by atoms with van der Waals surface area (Å²) in [5, 5.41) is 3.39. The fraction of sp³-hybridized carbons (Fsp3) is 0.923. The minimum atomic E-state index is -0.00666. The SMILES string of the molecule is CCC(C)CN1C(=O)C(C)NC1CC(C)C. The lowest BCUT2D eigenvalue weighted by molar-refractivity contribution is -0.130. The van der Waals surface area contributed by atoms with Crippen molar-refractivity contribution in [1.29, 1.82) is 0 Å². The quantitative estimate of drug-likeness (QED) is 0.779. The Hall–Kier alpha value is -0.570. The second kappa shape index (κ2) is 5.67. The normalized spacial score (nSPS) is 27.9. The molecule has 16 heavy (non-hydrogen) atoms. The number of amides is 1. The van der Waals surface area contributed by atoms with Crippen LogP contribution in [0.1, 0.15) is 47.5 Å². The number of rotatable bonds is 5. The second-order valence-corrected chi connectivity index (χ2v) is 5.54. The number of nitrogens with one attached hydrogen (secondary N) is 1. The molecule has 0 radical (unpaired) electrons. The molecule has 1 rings (SSSR count). The Balaban J connectivity index is 2.63. The highest BCUT2D eigenvalue weighted by Crippen LogP contribution is 2.19. The first-order valence-electron chi connectivity index (χ1n) is 6.52. The molecule has 0 saturated carbocycles. The molecule has 3 heteroatoms. The summed E-state index contributed by atoms with van der Waals surface area (Å²) in [5.41, 5.74) is 0. The van der Waals surface area contributed by atoms with Crippen molar-refractivity contribution in [2.45, 2.75) is 59.7 Å². The van der Waals surface area contributed by atoms with E-state index in [0.717, 1.165) is 19.4 Å². The van der Waals surface area contributed by atoms with Gasteiger partial charge in [-0.3, -0.25) is 10.1 Å². The maximum absolute atomic E-state index is 12.0. The Morgan fingerprint density at radius 2 is 2.00 bits per heavy atom. The summed E-state index contributed by atoms with van der Waals surface area (Å²) in [5.74, 6) is 1.48. The Morgan fingerprint density at radius 3 is 2.50 bits per heavy atom. The van der Waals surface area contributed by atoms with E-state index in [1.54, 1.807) is 0 Å². The molecule has 1 heterocycles. The van der Waals surface area contributed by atoms with E-state index in [4.69, 9.17) is 0 Å². The topological polar surface area (TPSA) is 32.3 Å². The third-order valence-corrected chi connectivity index (χ3v) is 3.37. The maximum atomic E-state index is 12.0. The lowest BCUT2D eigenvalue weighted by Gasteiger charge is -2.27. The molecule has 3 nitrogen and oxygen atoms in total. The van der Waals surface area contributed by atoms with Crippen LogP contribution in [0.4, 0.5) is 0 Å². The van der Waals surface area contributed by atoms with Gasteiger partial charge in [-0.25, -0.2) is 0 Å². The van der Waals surface area contributed by atoms with Gasteiger partial charge in [0.2, 0.25) is 5.91 Å². The van der Waals surface area contributed by atoms with Crippen LogP contribution in [0.3, 0.4) is 0 Å². The molecule has 0 spiro atoms. The maximum Gasteiger partial charge on any atom is 0.240 e. The predicted molar refractivity (Wildman–Crippen MR) is 67.0 cm³/mol. The van der Waals surface area contributed by atoms with Gasteiger partial charge in [-0.2, -0.15) is 0 Å². The minimum Gasteiger partial charge on any atom is -0.326 e. The average Bonchev–Trinajstić information content (AvgIpc) is 2.45. The zero-order valence-electron chi connectivity index (χ0n) is 11.3. The van der Waals surface area contributed by atoms with Crippen molar-refractivity contribution in [2.75, 3.05) is 6.54 Å². The van der Waals surface area contributed by atoms with Gasteiger partial charge in [-0.15, -0.1) is 0 Å². The summed E-state index contributed by atoms with van der Waals surface area (Å²) in [6, 6.07) is -0.00666. The summed E-state index contributed by atoms with van der Waals surface area (Å²) in [6.45, 7) is 11.7. The van der Waals surface area contributed by atoms with Gasteiger partial charge in [-0.05, 0) is 25.2 Å². The first kappa shape index (κ1) is 13.5. The lowest BCUT2D eigenvalue weighted by atomic mass is 10.1. The monoisotopic (exact) mass is 226 g/mol. The number of carbonyl (C=O) groups is 1. The van der Waals surface area contributed by atoms with Crippen LogP contribution in [0.2, 0.25) is 0 Å². The van der Waals surface area contributed by atoms with Crippen LogP contribution in [0, 0.1) is 11.8 Å². The predicted octanol–water partition coefficient (Wildman–Crippen LogP) is 2.22. The van der Waals surface area contributed by atoms with Crippen molar-refractivity contribution in [3.05, 3.63) is 0 Å². The molecule has 0 aromatic carbocycles. The van der Waals surface area contributed by atoms with Crippen LogP contribution in [0.25, 0.3) is 0 Å². The Labute approximate surface area is 99.6 Å². The molecule has 0 aromatic rings. The molecule has 0 bridgehead atoms. The number of hydrogen-bond acceptors (Lipinski definition) is 2. The molecule has 3 atom stereocenters. The van der Waals surface area contributed by atoms with E-state index in [-0.39, 0.29) is 18.1 Å². The first-order chi connectivity index (χ1) is 7.45. The Bertz CT molecular complexity index is 240. The van der Waals surface area contributed by atoms with Crippen molar-refractivity contribution >= 4 is 5.91 Å². The molecule has 1 amide bonds. The molecule has 3 unspecified atom stereocenters. The van der Waals surface area contributed by atoms with Crippen LogP contribution in [0.15, 0.2) is 0 Å². The van der Waals surface area contributed by atoms with Crippen LogP contribution < -0.4 is 5.32 Å². The van der Waals surface area contributed by atoms with E-state index < -0.39 is 0 Å². The summed E-state index contributed by atoms with van der Waals surface area (Å²) in [7, 11) is 0. The van der Waals surface area contributed by atoms with Gasteiger partial charge in [0.1, 0.15) is 0 Å². The van der Waals surface area contributed by atoms with E-state index in [1.807, 2.05) is 11.8 Å². The minimum absolute atomic E-state index is 0.00666. The molecule has 0 aliphatic carbocycles. The summed E-state index contributed by atoms with van der Waals surface area (Å²) < 4.78 is 0. The van der Waals surface area contributed by atoms with Crippen LogP contribution in [0.5, 0.6) is 0 Å². The summed E-state index contributed by atoms with van der Waals surface area (Å²) in [6.07, 6.45) is 2.43. The molecular weight excluding hydrogens is 200 g/mol. The van der Waals surface area contributed by atoms with E-state index in [2.05, 4.69) is 33.0 Å². The van der Waals surface area contributed by atoms with Crippen LogP contribution in [-0.2, 0) is 4.79 Å². The third kappa shape index (κ3) is 3.21. The highest BCUT2D eigenvalue weighted by Gasteiger charge is 2.36. The number of nitrogens with zero attached hydrogens (tertiary/aromatic N) is 1. The fourth-order valence-electron chi connectivity index (χ4n) is 2.18. The molecule has 94 valence electrons. The van der Waals surface area contributed by atoms with Gasteiger partial charge in [0.15, 0.2) is 0 Å². The van der Waals surface area contributed by atoms with Crippen molar-refractivity contribution in [2.24, 2.45) is 11.8 Å². The van der Waals surface area contributed by atoms with Crippen molar-refractivity contribution in [3.63, 3.8) is 0 Å². The summed E-state index contributed by atoms with van der Waals surface area (Å²) in [4.78, 5) is 14.1. The van der Waals surface area contributed by atoms with Gasteiger partial charge in [0, 0.05) is 6.54 Å². The zero-order chi connectivity index (χ0) is 12.3. The van der Waals surface area contributed by atoms with Crippen molar-refractivity contribution in [1.82, 2.24) is 10.2 Å². The lowest BCUT2D eigenvalue weighted by Crippen LogP contribution is -2.40. The first-order valence-corrected chi connectivity index (χ1v) is 6.52. The fourth-order valence-corrected chi connectivity index (χ4v) is 2.18. The summed E-state index contributed by atoms with van der Waals surface area (Å²) >= 11 is 0. The van der Waals surface area contributed by atoms with Gasteiger partial charge >= 0.3 is 0 Å². The van der Waals surface area contributed by atoms with E-state index >= 15 is 0 Å².